The number of hydrogen-bond donors (Lipinski definition) is 0. The smallest absolute Gasteiger partial charge is 0.276 e. The van der Waals surface area contributed by atoms with E-state index in [1.807, 2.05) is 52.9 Å². The maximum Gasteiger partial charge on any atom is 0.276 e. The number of hydrogen-bond acceptors (Lipinski definition) is 1. The maximum absolute atomic E-state index is 6.21. The van der Waals surface area contributed by atoms with E-state index in [0.29, 0.717) is 6.61 Å². The van der Waals surface area contributed by atoms with Gasteiger partial charge in [0, 0.05) is 5.02 Å². The molecule has 2 aromatic carbocycles. The van der Waals surface area contributed by atoms with E-state index in [9.17, 15) is 0 Å². The Morgan fingerprint density at radius 3 is 2.42 bits per heavy atom. The molecule has 0 fully saturated rings. The highest BCUT2D eigenvalue weighted by Crippen LogP contribution is 2.19. The molecule has 0 atom stereocenters. The fourth-order valence-electron chi connectivity index (χ4n) is 1.85. The molecular formula is C15H15BrClMgO. The van der Waals surface area contributed by atoms with Crippen molar-refractivity contribution in [1.29, 1.82) is 0 Å². The molecule has 97 valence electrons. The monoisotopic (exact) mass is 349 g/mol. The predicted octanol–water partition coefficient (Wildman–Crippen LogP) is 3.70. The van der Waals surface area contributed by atoms with Crippen LogP contribution in [-0.2, 0) is 6.42 Å². The van der Waals surface area contributed by atoms with Crippen molar-refractivity contribution in [3.05, 3.63) is 58.6 Å². The van der Waals surface area contributed by atoms with E-state index >= 15 is 0 Å². The molecule has 2 aromatic rings. The predicted molar refractivity (Wildman–Crippen MR) is 87.6 cm³/mol. The summed E-state index contributed by atoms with van der Waals surface area (Å²) in [6, 6.07) is 14.3. The van der Waals surface area contributed by atoms with Gasteiger partial charge in [0.25, 0.3) is 21.7 Å². The van der Waals surface area contributed by atoms with Crippen molar-refractivity contribution >= 4 is 54.0 Å². The van der Waals surface area contributed by atoms with Gasteiger partial charge in [-0.05, 0) is 42.7 Å². The molecule has 0 saturated heterocycles. The van der Waals surface area contributed by atoms with Crippen molar-refractivity contribution < 1.29 is 4.74 Å². The summed E-state index contributed by atoms with van der Waals surface area (Å²) >= 11 is 8.08. The van der Waals surface area contributed by atoms with Crippen molar-refractivity contribution in [3.8, 4) is 5.75 Å². The van der Waals surface area contributed by atoms with E-state index in [4.69, 9.17) is 16.3 Å². The minimum absolute atomic E-state index is 0. The first-order valence-corrected chi connectivity index (χ1v) is 7.09. The van der Waals surface area contributed by atoms with E-state index in [1.165, 1.54) is 14.8 Å². The Morgan fingerprint density at radius 1 is 1.11 bits per heavy atom. The Labute approximate surface area is 142 Å². The van der Waals surface area contributed by atoms with Crippen molar-refractivity contribution in [2.24, 2.45) is 0 Å². The highest BCUT2D eigenvalue weighted by atomic mass is 79.9. The van der Waals surface area contributed by atoms with Gasteiger partial charge in [0.1, 0.15) is 5.75 Å². The van der Waals surface area contributed by atoms with E-state index in [0.717, 1.165) is 17.2 Å². The highest BCUT2D eigenvalue weighted by Gasteiger charge is 2.02. The zero-order valence-corrected chi connectivity index (χ0v) is 14.7. The molecule has 0 aliphatic heterocycles. The lowest BCUT2D eigenvalue weighted by Crippen LogP contribution is -2.03. The van der Waals surface area contributed by atoms with Crippen LogP contribution in [0.5, 0.6) is 5.75 Å². The summed E-state index contributed by atoms with van der Waals surface area (Å²) in [5.41, 5.74) is 2.42. The van der Waals surface area contributed by atoms with Gasteiger partial charge >= 0.3 is 0 Å². The lowest BCUT2D eigenvalue weighted by atomic mass is 10.0. The first-order chi connectivity index (χ1) is 8.69. The fourth-order valence-corrected chi connectivity index (χ4v) is 2.40. The summed E-state index contributed by atoms with van der Waals surface area (Å²) in [4.78, 5) is 0. The van der Waals surface area contributed by atoms with Crippen LogP contribution < -0.4 is 8.43 Å². The average molecular weight is 351 g/mol. The highest BCUT2D eigenvalue weighted by molar-refractivity contribution is 8.93. The normalized spacial score (nSPS) is 9.74. The Balaban J connectivity index is 0.00000180. The third kappa shape index (κ3) is 4.99. The topological polar surface area (TPSA) is 9.23 Å². The molecule has 1 nitrogen and oxygen atoms in total. The van der Waals surface area contributed by atoms with Crippen LogP contribution in [0.3, 0.4) is 0 Å². The van der Waals surface area contributed by atoms with Crippen LogP contribution in [0.15, 0.2) is 42.5 Å². The summed E-state index contributed by atoms with van der Waals surface area (Å²) in [6.45, 7) is 2.69. The molecule has 0 saturated carbocycles. The summed E-state index contributed by atoms with van der Waals surface area (Å²) < 4.78 is 6.69. The molecule has 4 heteroatoms. The van der Waals surface area contributed by atoms with E-state index in [-0.39, 0.29) is 17.0 Å². The number of ether oxygens (including phenoxy) is 1. The van der Waals surface area contributed by atoms with Gasteiger partial charge in [-0.2, -0.15) is 0 Å². The summed E-state index contributed by atoms with van der Waals surface area (Å²) in [5, 5.41) is 0.833. The Kier molecular flexibility index (Phi) is 7.22. The molecule has 0 heterocycles. The number of halogens is 2. The Hall–Kier alpha value is -0.224. The second-order valence-electron chi connectivity index (χ2n) is 4.18. The summed E-state index contributed by atoms with van der Waals surface area (Å²) in [5.74, 6) is 0.915. The SMILES string of the molecule is Br.CCOc1ccc(Cc2c[c]([Mg])ccc2Cl)cc1. The van der Waals surface area contributed by atoms with E-state index < -0.39 is 0 Å². The molecule has 0 aliphatic carbocycles. The van der Waals surface area contributed by atoms with Crippen LogP contribution in [0.1, 0.15) is 18.1 Å². The molecule has 19 heavy (non-hydrogen) atoms. The molecule has 0 aromatic heterocycles. The zero-order valence-electron chi connectivity index (χ0n) is 10.9. The summed E-state index contributed by atoms with van der Waals surface area (Å²) in [7, 11) is 0. The van der Waals surface area contributed by atoms with Crippen LogP contribution in [0.25, 0.3) is 0 Å². The molecule has 0 bridgehead atoms. The third-order valence-corrected chi connectivity index (χ3v) is 3.55. The van der Waals surface area contributed by atoms with Crippen molar-refractivity contribution in [1.82, 2.24) is 0 Å². The third-order valence-electron chi connectivity index (χ3n) is 2.74. The van der Waals surface area contributed by atoms with Crippen LogP contribution in [0, 0.1) is 0 Å². The van der Waals surface area contributed by atoms with Gasteiger partial charge < -0.3 is 4.74 Å². The zero-order chi connectivity index (χ0) is 13.0. The maximum atomic E-state index is 6.21. The molecule has 0 aliphatic rings. The average Bonchev–Trinajstić information content (AvgIpc) is 2.37. The van der Waals surface area contributed by atoms with Gasteiger partial charge in [0.05, 0.1) is 6.61 Å². The number of benzene rings is 2. The fraction of sp³-hybridized carbons (Fsp3) is 0.200. The van der Waals surface area contributed by atoms with E-state index in [1.54, 1.807) is 0 Å². The summed E-state index contributed by atoms with van der Waals surface area (Å²) in [6.07, 6.45) is 0.859. The molecule has 0 spiro atoms. The van der Waals surface area contributed by atoms with Gasteiger partial charge in [0.15, 0.2) is 0 Å². The first-order valence-electron chi connectivity index (χ1n) is 6.01. The second kappa shape index (κ2) is 8.15. The molecule has 0 N–H and O–H groups in total. The van der Waals surface area contributed by atoms with Crippen LogP contribution >= 0.6 is 28.6 Å². The Morgan fingerprint density at radius 2 is 1.79 bits per heavy atom. The van der Waals surface area contributed by atoms with Crippen molar-refractivity contribution in [2.45, 2.75) is 13.3 Å². The molecule has 1 radical (unpaired) electrons. The minimum Gasteiger partial charge on any atom is -0.494 e. The lowest BCUT2D eigenvalue weighted by molar-refractivity contribution is 0.340. The largest absolute Gasteiger partial charge is 0.494 e. The van der Waals surface area contributed by atoms with Gasteiger partial charge in [-0.3, -0.25) is 0 Å². The van der Waals surface area contributed by atoms with Crippen LogP contribution in [-0.4, -0.2) is 28.3 Å². The second-order valence-corrected chi connectivity index (χ2v) is 5.40. The molecule has 0 amide bonds. The van der Waals surface area contributed by atoms with Gasteiger partial charge in [0.2, 0.25) is 0 Å². The van der Waals surface area contributed by atoms with Crippen LogP contribution in [0.4, 0.5) is 0 Å². The van der Waals surface area contributed by atoms with Crippen LogP contribution in [0.2, 0.25) is 5.02 Å². The van der Waals surface area contributed by atoms with Gasteiger partial charge in [-0.1, -0.05) is 35.9 Å². The van der Waals surface area contributed by atoms with Crippen molar-refractivity contribution in [2.75, 3.05) is 6.61 Å². The molecule has 0 unspecified atom stereocenters. The number of rotatable bonds is 4. The molecule has 2 rings (SSSR count). The molecular weight excluding hydrogens is 336 g/mol. The first kappa shape index (κ1) is 16.8. The van der Waals surface area contributed by atoms with Gasteiger partial charge in [-0.25, -0.2) is 3.69 Å². The quantitative estimate of drug-likeness (QED) is 0.764. The lowest BCUT2D eigenvalue weighted by Gasteiger charge is -2.08. The Bertz CT molecular complexity index is 528. The van der Waals surface area contributed by atoms with E-state index in [2.05, 4.69) is 18.2 Å². The van der Waals surface area contributed by atoms with Gasteiger partial charge in [-0.15, -0.1) is 17.0 Å². The minimum atomic E-state index is 0. The standard InChI is InChI=1S/C15H14ClO.BrH.Mg/c1-2-17-14-9-7-12(8-10-14)11-13-5-3-4-6-15(13)16;;/h4-10H,2,11H2,1H3;1H;. The van der Waals surface area contributed by atoms with Crippen molar-refractivity contribution in [3.63, 3.8) is 0 Å².